The van der Waals surface area contributed by atoms with E-state index in [4.69, 9.17) is 9.47 Å². The molecule has 1 aliphatic carbocycles. The average Bonchev–Trinajstić information content (AvgIpc) is 2.79. The number of thioether (sulfide) groups is 1. The number of methoxy groups -OCH3 is 1. The first kappa shape index (κ1) is 22.3. The molecule has 0 fully saturated rings. The van der Waals surface area contributed by atoms with E-state index in [-0.39, 0.29) is 18.6 Å². The largest absolute Gasteiger partial charge is 0.469 e. The molecule has 1 aliphatic rings. The van der Waals surface area contributed by atoms with Crippen LogP contribution in [0.4, 0.5) is 0 Å². The molecule has 0 aromatic carbocycles. The molecule has 6 heteroatoms. The van der Waals surface area contributed by atoms with Crippen LogP contribution in [0.3, 0.4) is 0 Å². The predicted molar refractivity (Wildman–Crippen MR) is 102 cm³/mol. The molecule has 1 rings (SSSR count). The van der Waals surface area contributed by atoms with E-state index in [1.54, 1.807) is 20.8 Å². The van der Waals surface area contributed by atoms with Crippen molar-refractivity contribution in [2.24, 2.45) is 11.3 Å². The second kappa shape index (κ2) is 9.27. The van der Waals surface area contributed by atoms with Gasteiger partial charge in [-0.15, -0.1) is 23.6 Å². The second-order valence-corrected chi connectivity index (χ2v) is 8.37. The molecule has 0 amide bonds. The van der Waals surface area contributed by atoms with Crippen molar-refractivity contribution in [1.29, 1.82) is 0 Å². The molecule has 144 valence electrons. The fraction of sp³-hybridized carbons (Fsp3) is 0.650. The molecule has 0 aliphatic heterocycles. The number of hydrogen-bond acceptors (Lipinski definition) is 6. The molecule has 2 atom stereocenters. The zero-order valence-electron chi connectivity index (χ0n) is 16.4. The van der Waals surface area contributed by atoms with Crippen LogP contribution in [0.1, 0.15) is 53.9 Å². The molecule has 0 radical (unpaired) electrons. The van der Waals surface area contributed by atoms with Gasteiger partial charge in [-0.25, -0.2) is 0 Å². The van der Waals surface area contributed by atoms with Crippen LogP contribution in [0, 0.1) is 23.2 Å². The van der Waals surface area contributed by atoms with Gasteiger partial charge in [-0.3, -0.25) is 14.4 Å². The van der Waals surface area contributed by atoms with Gasteiger partial charge in [-0.1, -0.05) is 13.8 Å². The van der Waals surface area contributed by atoms with Gasteiger partial charge in [0.25, 0.3) is 0 Å². The minimum absolute atomic E-state index is 0.0283. The standard InChI is InChI=1S/C20H28O5S/c1-7-9-10-11-20(18(23)25-19(3,4)5)14(12-17(22)24-6)15(26-8-2)13-16(20)21/h13-14H,7-8,11-12H2,1-6H3. The summed E-state index contributed by atoms with van der Waals surface area (Å²) in [6.07, 6.45) is 2.05. The first-order chi connectivity index (χ1) is 12.1. The Labute approximate surface area is 160 Å². The van der Waals surface area contributed by atoms with Gasteiger partial charge in [0.05, 0.1) is 13.5 Å². The summed E-state index contributed by atoms with van der Waals surface area (Å²) in [6.45, 7) is 9.10. The number of carbonyl (C=O) groups is 3. The number of allylic oxidation sites excluding steroid dienone is 2. The summed E-state index contributed by atoms with van der Waals surface area (Å²) < 4.78 is 10.4. The minimum Gasteiger partial charge on any atom is -0.469 e. The zero-order chi connectivity index (χ0) is 20.0. The molecule has 2 unspecified atom stereocenters. The normalized spacial score (nSPS) is 22.3. The maximum atomic E-state index is 13.1. The van der Waals surface area contributed by atoms with Crippen molar-refractivity contribution in [2.45, 2.75) is 59.5 Å². The lowest BCUT2D eigenvalue weighted by molar-refractivity contribution is -0.171. The third-order valence-electron chi connectivity index (χ3n) is 3.99. The van der Waals surface area contributed by atoms with E-state index in [1.165, 1.54) is 24.9 Å². The maximum absolute atomic E-state index is 13.1. The van der Waals surface area contributed by atoms with Crippen molar-refractivity contribution in [3.8, 4) is 11.8 Å². The van der Waals surface area contributed by atoms with Crippen LogP contribution >= 0.6 is 11.8 Å². The van der Waals surface area contributed by atoms with E-state index in [0.717, 1.165) is 5.75 Å². The lowest BCUT2D eigenvalue weighted by Gasteiger charge is -2.34. The van der Waals surface area contributed by atoms with Crippen LogP contribution in [0.5, 0.6) is 0 Å². The van der Waals surface area contributed by atoms with E-state index >= 15 is 0 Å². The Hall–Kier alpha value is -1.74. The summed E-state index contributed by atoms with van der Waals surface area (Å²) >= 11 is 1.46. The van der Waals surface area contributed by atoms with Crippen molar-refractivity contribution in [1.82, 2.24) is 0 Å². The SMILES string of the molecule is CCC#CCC1(C(=O)OC(C)(C)C)C(=O)C=C(SCC)C1CC(=O)OC. The average molecular weight is 381 g/mol. The summed E-state index contributed by atoms with van der Waals surface area (Å²) in [6, 6.07) is 0. The van der Waals surface area contributed by atoms with Gasteiger partial charge in [0.1, 0.15) is 11.0 Å². The van der Waals surface area contributed by atoms with Crippen molar-refractivity contribution >= 4 is 29.5 Å². The monoisotopic (exact) mass is 380 g/mol. The van der Waals surface area contributed by atoms with E-state index < -0.39 is 28.9 Å². The van der Waals surface area contributed by atoms with E-state index in [1.807, 2.05) is 13.8 Å². The van der Waals surface area contributed by atoms with Gasteiger partial charge in [-0.2, -0.15) is 0 Å². The van der Waals surface area contributed by atoms with Gasteiger partial charge in [0, 0.05) is 18.8 Å². The van der Waals surface area contributed by atoms with Crippen LogP contribution in [0.25, 0.3) is 0 Å². The highest BCUT2D eigenvalue weighted by molar-refractivity contribution is 8.03. The molecule has 0 saturated carbocycles. The van der Waals surface area contributed by atoms with Crippen molar-refractivity contribution in [3.63, 3.8) is 0 Å². The Kier molecular flexibility index (Phi) is 7.95. The summed E-state index contributed by atoms with van der Waals surface area (Å²) in [5, 5.41) is 0. The first-order valence-corrected chi connectivity index (χ1v) is 9.75. The van der Waals surface area contributed by atoms with Gasteiger partial charge in [-0.05, 0) is 37.5 Å². The molecular weight excluding hydrogens is 352 g/mol. The smallest absolute Gasteiger partial charge is 0.322 e. The summed E-state index contributed by atoms with van der Waals surface area (Å²) in [5.41, 5.74) is -2.25. The summed E-state index contributed by atoms with van der Waals surface area (Å²) in [5.74, 6) is 4.51. The lowest BCUT2D eigenvalue weighted by Crippen LogP contribution is -2.46. The van der Waals surface area contributed by atoms with Gasteiger partial charge >= 0.3 is 11.9 Å². The number of ketones is 1. The third-order valence-corrected chi connectivity index (χ3v) is 5.02. The Bertz CT molecular complexity index is 647. The topological polar surface area (TPSA) is 69.7 Å². The number of ether oxygens (including phenoxy) is 2. The molecular formula is C20H28O5S. The van der Waals surface area contributed by atoms with Crippen LogP contribution < -0.4 is 0 Å². The Morgan fingerprint density at radius 1 is 1.27 bits per heavy atom. The lowest BCUT2D eigenvalue weighted by atomic mass is 9.72. The van der Waals surface area contributed by atoms with Gasteiger partial charge in [0.2, 0.25) is 0 Å². The van der Waals surface area contributed by atoms with Crippen molar-refractivity contribution < 1.29 is 23.9 Å². The molecule has 26 heavy (non-hydrogen) atoms. The molecule has 0 heterocycles. The summed E-state index contributed by atoms with van der Waals surface area (Å²) in [4.78, 5) is 38.8. The van der Waals surface area contributed by atoms with Crippen LogP contribution in [0.15, 0.2) is 11.0 Å². The zero-order valence-corrected chi connectivity index (χ0v) is 17.2. The number of carbonyl (C=O) groups excluding carboxylic acids is 3. The van der Waals surface area contributed by atoms with Crippen LogP contribution in [-0.2, 0) is 23.9 Å². The first-order valence-electron chi connectivity index (χ1n) is 8.77. The fourth-order valence-corrected chi connectivity index (χ4v) is 3.84. The third kappa shape index (κ3) is 5.14. The van der Waals surface area contributed by atoms with Crippen molar-refractivity contribution in [2.75, 3.05) is 12.9 Å². The van der Waals surface area contributed by atoms with Crippen LogP contribution in [-0.4, -0.2) is 36.2 Å². The maximum Gasteiger partial charge on any atom is 0.322 e. The molecule has 0 bridgehead atoms. The predicted octanol–water partition coefficient (Wildman–Crippen LogP) is 3.52. The number of esters is 2. The summed E-state index contributed by atoms with van der Waals surface area (Å²) in [7, 11) is 1.29. The number of rotatable bonds is 6. The molecule has 5 nitrogen and oxygen atoms in total. The second-order valence-electron chi connectivity index (χ2n) is 7.03. The highest BCUT2D eigenvalue weighted by Crippen LogP contribution is 2.50. The molecule has 0 spiro atoms. The van der Waals surface area contributed by atoms with Gasteiger partial charge in [0.15, 0.2) is 5.78 Å². The van der Waals surface area contributed by atoms with E-state index in [2.05, 4.69) is 11.8 Å². The fourth-order valence-electron chi connectivity index (χ4n) is 2.83. The quantitative estimate of drug-likeness (QED) is 0.399. The van der Waals surface area contributed by atoms with Gasteiger partial charge < -0.3 is 9.47 Å². The molecule has 0 aromatic heterocycles. The minimum atomic E-state index is -1.50. The van der Waals surface area contributed by atoms with Crippen molar-refractivity contribution in [3.05, 3.63) is 11.0 Å². The molecule has 0 saturated heterocycles. The Morgan fingerprint density at radius 2 is 1.92 bits per heavy atom. The highest BCUT2D eigenvalue weighted by Gasteiger charge is 2.58. The van der Waals surface area contributed by atoms with E-state index in [9.17, 15) is 14.4 Å². The molecule has 0 aromatic rings. The van der Waals surface area contributed by atoms with E-state index in [0.29, 0.717) is 11.3 Å². The Balaban J connectivity index is 3.42. The highest BCUT2D eigenvalue weighted by atomic mass is 32.2. The Morgan fingerprint density at radius 3 is 2.42 bits per heavy atom. The van der Waals surface area contributed by atoms with Crippen LogP contribution in [0.2, 0.25) is 0 Å². The molecule has 0 N–H and O–H groups in total. The number of hydrogen-bond donors (Lipinski definition) is 0.